The van der Waals surface area contributed by atoms with Gasteiger partial charge in [0.05, 0.1) is 6.54 Å². The number of nitrogens with one attached hydrogen (secondary N) is 1. The summed E-state index contributed by atoms with van der Waals surface area (Å²) in [5.74, 6) is 0. The molecule has 1 atom stereocenters. The summed E-state index contributed by atoms with van der Waals surface area (Å²) in [6, 6.07) is 14.7. The van der Waals surface area contributed by atoms with E-state index in [4.69, 9.17) is 0 Å². The van der Waals surface area contributed by atoms with Crippen LogP contribution in [0.5, 0.6) is 0 Å². The van der Waals surface area contributed by atoms with E-state index in [1.165, 1.54) is 10.8 Å². The lowest BCUT2D eigenvalue weighted by Crippen LogP contribution is -2.06. The molecular weight excluding hydrogens is 228 g/mol. The van der Waals surface area contributed by atoms with Gasteiger partial charge >= 0.3 is 0 Å². The molecule has 1 heterocycles. The number of anilines is 1. The molecule has 1 N–H and O–H groups in total. The number of rotatable bonds is 1. The van der Waals surface area contributed by atoms with E-state index in [-0.39, 0.29) is 0 Å². The number of hydrogen-bond acceptors (Lipinski definition) is 3. The number of benzene rings is 2. The highest BCUT2D eigenvalue weighted by Gasteiger charge is 2.15. The Labute approximate surface area is 105 Å². The van der Waals surface area contributed by atoms with Crippen molar-refractivity contribution in [2.24, 2.45) is 4.99 Å². The Morgan fingerprint density at radius 1 is 1.18 bits per heavy atom. The van der Waals surface area contributed by atoms with Gasteiger partial charge in [-0.3, -0.25) is 4.99 Å². The summed E-state index contributed by atoms with van der Waals surface area (Å²) in [7, 11) is 0. The molecule has 3 rings (SSSR count). The Bertz CT molecular complexity index is 572. The molecule has 0 aliphatic carbocycles. The summed E-state index contributed by atoms with van der Waals surface area (Å²) in [6.07, 6.45) is 0. The SMILES string of the molecule is C[C@@H]1CN=C(Nc2cccc3ccccc23)S1. The van der Waals surface area contributed by atoms with Gasteiger partial charge in [0.1, 0.15) is 0 Å². The van der Waals surface area contributed by atoms with Gasteiger partial charge in [-0.1, -0.05) is 55.1 Å². The maximum atomic E-state index is 4.49. The number of aliphatic imine (C=N–C) groups is 1. The number of hydrogen-bond donors (Lipinski definition) is 1. The van der Waals surface area contributed by atoms with Crippen molar-refractivity contribution in [2.45, 2.75) is 12.2 Å². The zero-order chi connectivity index (χ0) is 11.7. The summed E-state index contributed by atoms with van der Waals surface area (Å²) in [5.41, 5.74) is 1.14. The van der Waals surface area contributed by atoms with Crippen molar-refractivity contribution in [3.05, 3.63) is 42.5 Å². The van der Waals surface area contributed by atoms with Gasteiger partial charge in [-0.2, -0.15) is 0 Å². The summed E-state index contributed by atoms with van der Waals surface area (Å²) in [6.45, 7) is 3.11. The highest BCUT2D eigenvalue weighted by molar-refractivity contribution is 8.15. The van der Waals surface area contributed by atoms with E-state index >= 15 is 0 Å². The van der Waals surface area contributed by atoms with Crippen LogP contribution in [0, 0.1) is 0 Å². The molecule has 2 nitrogen and oxygen atoms in total. The maximum absolute atomic E-state index is 4.49. The highest BCUT2D eigenvalue weighted by Crippen LogP contribution is 2.27. The topological polar surface area (TPSA) is 24.4 Å². The zero-order valence-corrected chi connectivity index (χ0v) is 10.5. The largest absolute Gasteiger partial charge is 0.334 e. The highest BCUT2D eigenvalue weighted by atomic mass is 32.2. The average Bonchev–Trinajstić information content (AvgIpc) is 2.75. The minimum absolute atomic E-state index is 0.590. The molecule has 3 heteroatoms. The van der Waals surface area contributed by atoms with Crippen molar-refractivity contribution >= 4 is 33.4 Å². The summed E-state index contributed by atoms with van der Waals surface area (Å²) in [4.78, 5) is 4.49. The number of amidine groups is 1. The third-order valence-corrected chi connectivity index (χ3v) is 3.84. The van der Waals surface area contributed by atoms with Crippen LogP contribution in [0.2, 0.25) is 0 Å². The molecule has 86 valence electrons. The van der Waals surface area contributed by atoms with Crippen LogP contribution in [0.25, 0.3) is 10.8 Å². The normalized spacial score (nSPS) is 19.4. The third-order valence-electron chi connectivity index (χ3n) is 2.84. The van der Waals surface area contributed by atoms with Crippen LogP contribution in [-0.2, 0) is 0 Å². The van der Waals surface area contributed by atoms with E-state index in [0.717, 1.165) is 17.4 Å². The smallest absolute Gasteiger partial charge is 0.161 e. The van der Waals surface area contributed by atoms with Gasteiger partial charge in [-0.05, 0) is 11.5 Å². The van der Waals surface area contributed by atoms with Gasteiger partial charge in [-0.25, -0.2) is 0 Å². The fraction of sp³-hybridized carbons (Fsp3) is 0.214. The van der Waals surface area contributed by atoms with Crippen LogP contribution in [0.15, 0.2) is 47.5 Å². The molecule has 1 aliphatic heterocycles. The lowest BCUT2D eigenvalue weighted by molar-refractivity contribution is 0.976. The molecule has 1 aliphatic rings. The lowest BCUT2D eigenvalue weighted by atomic mass is 10.1. The van der Waals surface area contributed by atoms with Crippen LogP contribution in [0.4, 0.5) is 5.69 Å². The first-order valence-corrected chi connectivity index (χ1v) is 6.67. The third kappa shape index (κ3) is 2.15. The van der Waals surface area contributed by atoms with Gasteiger partial charge < -0.3 is 5.32 Å². The van der Waals surface area contributed by atoms with Gasteiger partial charge in [0.25, 0.3) is 0 Å². The molecule has 2 aromatic rings. The Kier molecular flexibility index (Phi) is 2.77. The molecule has 17 heavy (non-hydrogen) atoms. The second kappa shape index (κ2) is 4.41. The molecule has 0 bridgehead atoms. The molecular formula is C14H14N2S. The van der Waals surface area contributed by atoms with Gasteiger partial charge in [-0.15, -0.1) is 0 Å². The van der Waals surface area contributed by atoms with Crippen molar-refractivity contribution in [2.75, 3.05) is 11.9 Å². The van der Waals surface area contributed by atoms with E-state index in [2.05, 4.69) is 59.7 Å². The summed E-state index contributed by atoms with van der Waals surface area (Å²) in [5, 5.41) is 7.56. The van der Waals surface area contributed by atoms with Crippen LogP contribution in [-0.4, -0.2) is 17.0 Å². The van der Waals surface area contributed by atoms with Crippen molar-refractivity contribution in [1.29, 1.82) is 0 Å². The molecule has 0 aromatic heterocycles. The van der Waals surface area contributed by atoms with Gasteiger partial charge in [0.2, 0.25) is 0 Å². The van der Waals surface area contributed by atoms with Crippen LogP contribution < -0.4 is 5.32 Å². The van der Waals surface area contributed by atoms with E-state index < -0.39 is 0 Å². The monoisotopic (exact) mass is 242 g/mol. The fourth-order valence-electron chi connectivity index (χ4n) is 2.00. The Balaban J connectivity index is 1.95. The standard InChI is InChI=1S/C14H14N2S/c1-10-9-15-14(17-10)16-13-8-4-6-11-5-2-3-7-12(11)13/h2-8,10H,9H2,1H3,(H,15,16)/t10-/m1/s1. The minimum atomic E-state index is 0.590. The van der Waals surface area contributed by atoms with Crippen LogP contribution in [0.1, 0.15) is 6.92 Å². The molecule has 0 spiro atoms. The first-order chi connectivity index (χ1) is 8.33. The molecule has 0 saturated carbocycles. The second-order valence-electron chi connectivity index (χ2n) is 4.23. The molecule has 0 radical (unpaired) electrons. The molecule has 0 fully saturated rings. The average molecular weight is 242 g/mol. The Morgan fingerprint density at radius 2 is 2.00 bits per heavy atom. The predicted molar refractivity (Wildman–Crippen MR) is 76.9 cm³/mol. The molecule has 2 aromatic carbocycles. The maximum Gasteiger partial charge on any atom is 0.161 e. The Hall–Kier alpha value is -1.48. The van der Waals surface area contributed by atoms with Crippen LogP contribution in [0.3, 0.4) is 0 Å². The van der Waals surface area contributed by atoms with Gasteiger partial charge in [0.15, 0.2) is 5.17 Å². The first-order valence-electron chi connectivity index (χ1n) is 5.79. The van der Waals surface area contributed by atoms with E-state index in [0.29, 0.717) is 5.25 Å². The van der Waals surface area contributed by atoms with Gasteiger partial charge in [0, 0.05) is 16.3 Å². The van der Waals surface area contributed by atoms with E-state index in [1.54, 1.807) is 0 Å². The van der Waals surface area contributed by atoms with Crippen molar-refractivity contribution in [1.82, 2.24) is 0 Å². The fourth-order valence-corrected chi connectivity index (χ4v) is 2.84. The van der Waals surface area contributed by atoms with Crippen molar-refractivity contribution in [3.63, 3.8) is 0 Å². The number of nitrogens with zero attached hydrogens (tertiary/aromatic N) is 1. The zero-order valence-electron chi connectivity index (χ0n) is 9.68. The molecule has 0 saturated heterocycles. The first kappa shape index (κ1) is 10.7. The van der Waals surface area contributed by atoms with Crippen LogP contribution >= 0.6 is 11.8 Å². The lowest BCUT2D eigenvalue weighted by Gasteiger charge is -2.09. The summed E-state index contributed by atoms with van der Waals surface area (Å²) < 4.78 is 0. The van der Waals surface area contributed by atoms with E-state index in [1.807, 2.05) is 11.8 Å². The number of fused-ring (bicyclic) bond motifs is 1. The minimum Gasteiger partial charge on any atom is -0.334 e. The Morgan fingerprint density at radius 3 is 2.82 bits per heavy atom. The summed E-state index contributed by atoms with van der Waals surface area (Å²) >= 11 is 1.81. The quantitative estimate of drug-likeness (QED) is 0.823. The van der Waals surface area contributed by atoms with E-state index in [9.17, 15) is 0 Å². The second-order valence-corrected chi connectivity index (χ2v) is 5.65. The molecule has 0 unspecified atom stereocenters. The van der Waals surface area contributed by atoms with Crippen molar-refractivity contribution < 1.29 is 0 Å². The molecule has 0 amide bonds. The predicted octanol–water partition coefficient (Wildman–Crippen LogP) is 3.74. The number of thioether (sulfide) groups is 1. The van der Waals surface area contributed by atoms with Crippen molar-refractivity contribution in [3.8, 4) is 0 Å².